The van der Waals surface area contributed by atoms with E-state index in [1.54, 1.807) is 0 Å². The van der Waals surface area contributed by atoms with E-state index in [1.165, 1.54) is 14.0 Å². The number of esters is 1. The van der Waals surface area contributed by atoms with Crippen LogP contribution in [-0.4, -0.2) is 30.3 Å². The number of carbonyl (C=O) groups excluding carboxylic acids is 1. The molecule has 0 aliphatic heterocycles. The Kier molecular flexibility index (Phi) is 4.12. The summed E-state index contributed by atoms with van der Waals surface area (Å²) in [6.07, 6.45) is 0. The van der Waals surface area contributed by atoms with Crippen LogP contribution in [-0.2, 0) is 9.53 Å². The van der Waals surface area contributed by atoms with Gasteiger partial charge in [0.2, 0.25) is 0 Å². The van der Waals surface area contributed by atoms with Crippen LogP contribution in [0.15, 0.2) is 18.2 Å². The average molecular weight is 237 g/mol. The highest BCUT2D eigenvalue weighted by Gasteiger charge is 2.31. The van der Waals surface area contributed by atoms with Gasteiger partial charge in [-0.2, -0.15) is 0 Å². The number of hydrogen-bond acceptors (Lipinski definition) is 4. The number of hydrogen-bond donors (Lipinski definition) is 2. The van der Waals surface area contributed by atoms with Crippen molar-refractivity contribution >= 4 is 11.7 Å². The molecule has 4 heteroatoms. The van der Waals surface area contributed by atoms with Crippen molar-refractivity contribution in [1.29, 1.82) is 0 Å². The smallest absolute Gasteiger partial charge is 0.339 e. The van der Waals surface area contributed by atoms with Gasteiger partial charge in [-0.25, -0.2) is 4.79 Å². The molecule has 1 unspecified atom stereocenters. The lowest BCUT2D eigenvalue weighted by molar-refractivity contribution is -0.158. The van der Waals surface area contributed by atoms with Gasteiger partial charge in [0.1, 0.15) is 0 Å². The number of methoxy groups -OCH3 is 1. The molecule has 1 aromatic carbocycles. The maximum Gasteiger partial charge on any atom is 0.339 e. The van der Waals surface area contributed by atoms with E-state index in [2.05, 4.69) is 16.1 Å². The number of aryl methyl sites for hydroxylation is 2. The van der Waals surface area contributed by atoms with E-state index < -0.39 is 11.6 Å². The van der Waals surface area contributed by atoms with Crippen LogP contribution in [0.1, 0.15) is 18.1 Å². The van der Waals surface area contributed by atoms with E-state index in [-0.39, 0.29) is 6.54 Å². The molecule has 0 aromatic heterocycles. The minimum absolute atomic E-state index is 0.114. The highest BCUT2D eigenvalue weighted by atomic mass is 16.5. The molecule has 94 valence electrons. The van der Waals surface area contributed by atoms with Crippen molar-refractivity contribution in [3.8, 4) is 0 Å². The number of carbonyl (C=O) groups is 1. The van der Waals surface area contributed by atoms with Crippen molar-refractivity contribution in [3.63, 3.8) is 0 Å². The zero-order valence-corrected chi connectivity index (χ0v) is 10.7. The fourth-order valence-electron chi connectivity index (χ4n) is 1.64. The summed E-state index contributed by atoms with van der Waals surface area (Å²) in [5.41, 5.74) is 1.62. The van der Waals surface area contributed by atoms with Gasteiger partial charge in [0, 0.05) is 5.69 Å². The summed E-state index contributed by atoms with van der Waals surface area (Å²) in [6.45, 7) is 5.53. The van der Waals surface area contributed by atoms with Crippen LogP contribution in [0.25, 0.3) is 0 Å². The average Bonchev–Trinajstić information content (AvgIpc) is 2.24. The highest BCUT2D eigenvalue weighted by Crippen LogP contribution is 2.15. The monoisotopic (exact) mass is 237 g/mol. The van der Waals surface area contributed by atoms with Gasteiger partial charge >= 0.3 is 5.97 Å². The summed E-state index contributed by atoms with van der Waals surface area (Å²) in [6, 6.07) is 5.98. The molecule has 0 aliphatic rings. The van der Waals surface area contributed by atoms with E-state index in [4.69, 9.17) is 0 Å². The Morgan fingerprint density at radius 1 is 1.35 bits per heavy atom. The molecule has 1 atom stereocenters. The molecular formula is C13H19NO3. The van der Waals surface area contributed by atoms with Gasteiger partial charge < -0.3 is 15.2 Å². The van der Waals surface area contributed by atoms with E-state index >= 15 is 0 Å². The molecular weight excluding hydrogens is 218 g/mol. The van der Waals surface area contributed by atoms with Gasteiger partial charge in [0.25, 0.3) is 0 Å². The first-order valence-electron chi connectivity index (χ1n) is 5.48. The maximum absolute atomic E-state index is 11.3. The Hall–Kier alpha value is -1.55. The van der Waals surface area contributed by atoms with E-state index in [0.717, 1.165) is 16.8 Å². The first-order valence-corrected chi connectivity index (χ1v) is 5.48. The normalized spacial score (nSPS) is 13.9. The second-order valence-electron chi connectivity index (χ2n) is 4.50. The minimum Gasteiger partial charge on any atom is -0.467 e. The number of ether oxygens (including phenoxy) is 1. The van der Waals surface area contributed by atoms with Crippen LogP contribution in [0.5, 0.6) is 0 Å². The number of aliphatic hydroxyl groups is 1. The minimum atomic E-state index is -1.52. The SMILES string of the molecule is COC(=O)C(C)(O)CNc1cc(C)cc(C)c1. The van der Waals surface area contributed by atoms with E-state index in [0.29, 0.717) is 0 Å². The van der Waals surface area contributed by atoms with E-state index in [9.17, 15) is 9.90 Å². The lowest BCUT2D eigenvalue weighted by Gasteiger charge is -2.21. The van der Waals surface area contributed by atoms with Crippen LogP contribution in [0, 0.1) is 13.8 Å². The Bertz CT molecular complexity index is 393. The van der Waals surface area contributed by atoms with Gasteiger partial charge in [-0.3, -0.25) is 0 Å². The summed E-state index contributed by atoms with van der Waals surface area (Å²) >= 11 is 0. The van der Waals surface area contributed by atoms with Gasteiger partial charge in [-0.05, 0) is 44.0 Å². The molecule has 0 saturated carbocycles. The van der Waals surface area contributed by atoms with Crippen LogP contribution < -0.4 is 5.32 Å². The Balaban J connectivity index is 2.70. The van der Waals surface area contributed by atoms with Crippen LogP contribution >= 0.6 is 0 Å². The molecule has 0 fully saturated rings. The summed E-state index contributed by atoms with van der Waals surface area (Å²) in [4.78, 5) is 11.3. The lowest BCUT2D eigenvalue weighted by Crippen LogP contribution is -2.42. The van der Waals surface area contributed by atoms with Gasteiger partial charge in [-0.1, -0.05) is 6.07 Å². The third kappa shape index (κ3) is 3.75. The quantitative estimate of drug-likeness (QED) is 0.782. The predicted molar refractivity (Wildman–Crippen MR) is 67.0 cm³/mol. The highest BCUT2D eigenvalue weighted by molar-refractivity contribution is 5.79. The first kappa shape index (κ1) is 13.5. The van der Waals surface area contributed by atoms with Crippen molar-refractivity contribution in [1.82, 2.24) is 0 Å². The van der Waals surface area contributed by atoms with Crippen LogP contribution in [0.4, 0.5) is 5.69 Å². The van der Waals surface area contributed by atoms with Crippen LogP contribution in [0.2, 0.25) is 0 Å². The molecule has 0 saturated heterocycles. The fourth-order valence-corrected chi connectivity index (χ4v) is 1.64. The van der Waals surface area contributed by atoms with Crippen molar-refractivity contribution < 1.29 is 14.6 Å². The Morgan fingerprint density at radius 2 is 1.88 bits per heavy atom. The molecule has 0 aliphatic carbocycles. The zero-order chi connectivity index (χ0) is 13.1. The molecule has 4 nitrogen and oxygen atoms in total. The summed E-state index contributed by atoms with van der Waals surface area (Å²) in [5.74, 6) is -0.644. The van der Waals surface area contributed by atoms with Gasteiger partial charge in [0.15, 0.2) is 5.60 Å². The Labute approximate surface area is 102 Å². The maximum atomic E-state index is 11.3. The number of rotatable bonds is 4. The van der Waals surface area contributed by atoms with Gasteiger partial charge in [-0.15, -0.1) is 0 Å². The molecule has 17 heavy (non-hydrogen) atoms. The summed E-state index contributed by atoms with van der Waals surface area (Å²) < 4.78 is 4.52. The largest absolute Gasteiger partial charge is 0.467 e. The fraction of sp³-hybridized carbons (Fsp3) is 0.462. The molecule has 0 spiro atoms. The summed E-state index contributed by atoms with van der Waals surface area (Å²) in [5, 5.41) is 12.9. The number of benzene rings is 1. The molecule has 0 radical (unpaired) electrons. The van der Waals surface area contributed by atoms with Crippen molar-refractivity contribution in [2.24, 2.45) is 0 Å². The third-order valence-corrected chi connectivity index (χ3v) is 2.48. The third-order valence-electron chi connectivity index (χ3n) is 2.48. The number of anilines is 1. The van der Waals surface area contributed by atoms with Crippen molar-refractivity contribution in [2.75, 3.05) is 19.0 Å². The molecule has 1 rings (SSSR count). The lowest BCUT2D eigenvalue weighted by atomic mass is 10.1. The molecule has 1 aromatic rings. The molecule has 0 heterocycles. The topological polar surface area (TPSA) is 58.6 Å². The first-order chi connectivity index (χ1) is 7.85. The number of nitrogens with one attached hydrogen (secondary N) is 1. The summed E-state index contributed by atoms with van der Waals surface area (Å²) in [7, 11) is 1.26. The molecule has 0 amide bonds. The van der Waals surface area contributed by atoms with Crippen molar-refractivity contribution in [3.05, 3.63) is 29.3 Å². The molecule has 0 bridgehead atoms. The van der Waals surface area contributed by atoms with Gasteiger partial charge in [0.05, 0.1) is 13.7 Å². The predicted octanol–water partition coefficient (Wildman–Crippen LogP) is 1.64. The van der Waals surface area contributed by atoms with Crippen LogP contribution in [0.3, 0.4) is 0 Å². The second kappa shape index (κ2) is 5.19. The zero-order valence-electron chi connectivity index (χ0n) is 10.7. The Morgan fingerprint density at radius 3 is 2.35 bits per heavy atom. The molecule has 2 N–H and O–H groups in total. The standard InChI is InChI=1S/C13H19NO3/c1-9-5-10(2)7-11(6-9)14-8-13(3,16)12(15)17-4/h5-7,14,16H,8H2,1-4H3. The second-order valence-corrected chi connectivity index (χ2v) is 4.50. The van der Waals surface area contributed by atoms with E-state index in [1.807, 2.05) is 26.0 Å². The van der Waals surface area contributed by atoms with Crippen molar-refractivity contribution in [2.45, 2.75) is 26.4 Å².